The number of carbonyl (C=O) groups is 1. The summed E-state index contributed by atoms with van der Waals surface area (Å²) in [5.74, 6) is -0.394. The van der Waals surface area contributed by atoms with E-state index in [9.17, 15) is 14.3 Å². The lowest BCUT2D eigenvalue weighted by atomic mass is 10.0. The van der Waals surface area contributed by atoms with Crippen LogP contribution in [0.25, 0.3) is 10.9 Å². The van der Waals surface area contributed by atoms with Gasteiger partial charge < -0.3 is 5.11 Å². The van der Waals surface area contributed by atoms with Gasteiger partial charge in [-0.1, -0.05) is 0 Å². The molecule has 0 aliphatic rings. The standard InChI is InChI=1S/C14H15FN2O2/c1-14(2,3)17(13(18)19)12-6-7-16-11-8-9(15)4-5-10(11)12/h4-8H,1-3H3,(H,18,19). The fourth-order valence-electron chi connectivity index (χ4n) is 2.05. The Balaban J connectivity index is 2.70. The van der Waals surface area contributed by atoms with Crippen LogP contribution < -0.4 is 4.90 Å². The van der Waals surface area contributed by atoms with Crippen molar-refractivity contribution in [3.05, 3.63) is 36.3 Å². The molecule has 1 aromatic carbocycles. The van der Waals surface area contributed by atoms with E-state index >= 15 is 0 Å². The molecule has 1 amide bonds. The highest BCUT2D eigenvalue weighted by atomic mass is 19.1. The minimum atomic E-state index is -1.05. The average molecular weight is 262 g/mol. The summed E-state index contributed by atoms with van der Waals surface area (Å²) < 4.78 is 13.2. The lowest BCUT2D eigenvalue weighted by Crippen LogP contribution is -2.45. The average Bonchev–Trinajstić information content (AvgIpc) is 2.26. The lowest BCUT2D eigenvalue weighted by molar-refractivity contribution is 0.196. The van der Waals surface area contributed by atoms with Crippen LogP contribution in [-0.2, 0) is 0 Å². The monoisotopic (exact) mass is 262 g/mol. The summed E-state index contributed by atoms with van der Waals surface area (Å²) in [5.41, 5.74) is 0.340. The summed E-state index contributed by atoms with van der Waals surface area (Å²) >= 11 is 0. The zero-order valence-corrected chi connectivity index (χ0v) is 11.0. The molecule has 0 atom stereocenters. The molecule has 0 fully saturated rings. The zero-order chi connectivity index (χ0) is 14.2. The molecule has 5 heteroatoms. The second-order valence-corrected chi connectivity index (χ2v) is 5.28. The van der Waals surface area contributed by atoms with Gasteiger partial charge in [0.2, 0.25) is 0 Å². The summed E-state index contributed by atoms with van der Waals surface area (Å²) in [7, 11) is 0. The highest BCUT2D eigenvalue weighted by Crippen LogP contribution is 2.30. The number of fused-ring (bicyclic) bond motifs is 1. The summed E-state index contributed by atoms with van der Waals surface area (Å²) in [6.07, 6.45) is 0.433. The van der Waals surface area contributed by atoms with E-state index in [2.05, 4.69) is 4.98 Å². The maximum Gasteiger partial charge on any atom is 0.412 e. The van der Waals surface area contributed by atoms with Gasteiger partial charge in [0, 0.05) is 23.2 Å². The number of aromatic nitrogens is 1. The number of hydrogen-bond donors (Lipinski definition) is 1. The molecule has 1 aromatic heterocycles. The van der Waals surface area contributed by atoms with Gasteiger partial charge in [-0.2, -0.15) is 0 Å². The molecular weight excluding hydrogens is 247 g/mol. The van der Waals surface area contributed by atoms with Crippen LogP contribution in [0.3, 0.4) is 0 Å². The van der Waals surface area contributed by atoms with Crippen molar-refractivity contribution in [1.82, 2.24) is 4.98 Å². The minimum absolute atomic E-state index is 0.394. The molecule has 4 nitrogen and oxygen atoms in total. The molecule has 0 unspecified atom stereocenters. The topological polar surface area (TPSA) is 53.4 Å². The minimum Gasteiger partial charge on any atom is -0.465 e. The Labute approximate surface area is 110 Å². The summed E-state index contributed by atoms with van der Waals surface area (Å²) in [4.78, 5) is 16.8. The lowest BCUT2D eigenvalue weighted by Gasteiger charge is -2.33. The fourth-order valence-corrected chi connectivity index (χ4v) is 2.05. The Morgan fingerprint density at radius 1 is 1.32 bits per heavy atom. The van der Waals surface area contributed by atoms with Crippen LogP contribution in [0.2, 0.25) is 0 Å². The number of anilines is 1. The van der Waals surface area contributed by atoms with Gasteiger partial charge in [0.05, 0.1) is 11.2 Å². The fraction of sp³-hybridized carbons (Fsp3) is 0.286. The number of rotatable bonds is 1. The van der Waals surface area contributed by atoms with Crippen molar-refractivity contribution in [1.29, 1.82) is 0 Å². The van der Waals surface area contributed by atoms with E-state index in [-0.39, 0.29) is 0 Å². The predicted octanol–water partition coefficient (Wildman–Crippen LogP) is 3.66. The first-order chi connectivity index (χ1) is 8.80. The van der Waals surface area contributed by atoms with Crippen molar-refractivity contribution in [3.8, 4) is 0 Å². The van der Waals surface area contributed by atoms with E-state index in [0.717, 1.165) is 0 Å². The van der Waals surface area contributed by atoms with E-state index in [1.165, 1.54) is 23.2 Å². The van der Waals surface area contributed by atoms with Gasteiger partial charge in [-0.05, 0) is 39.0 Å². The first kappa shape index (κ1) is 13.3. The van der Waals surface area contributed by atoms with Crippen LogP contribution in [0.15, 0.2) is 30.5 Å². The Hall–Kier alpha value is -2.17. The number of nitrogens with zero attached hydrogens (tertiary/aromatic N) is 2. The van der Waals surface area contributed by atoms with Gasteiger partial charge in [0.15, 0.2) is 0 Å². The SMILES string of the molecule is CC(C)(C)N(C(=O)O)c1ccnc2cc(F)ccc12. The molecule has 1 N–H and O–H groups in total. The van der Waals surface area contributed by atoms with E-state index in [1.807, 2.05) is 0 Å². The first-order valence-corrected chi connectivity index (χ1v) is 5.88. The molecular formula is C14H15FN2O2. The molecule has 0 bridgehead atoms. The molecule has 100 valence electrons. The van der Waals surface area contributed by atoms with E-state index in [1.54, 1.807) is 32.9 Å². The first-order valence-electron chi connectivity index (χ1n) is 5.88. The summed E-state index contributed by atoms with van der Waals surface area (Å²) in [6, 6.07) is 5.77. The molecule has 19 heavy (non-hydrogen) atoms. The van der Waals surface area contributed by atoms with Gasteiger partial charge in [0.1, 0.15) is 5.82 Å². The second kappa shape index (κ2) is 4.50. The van der Waals surface area contributed by atoms with Gasteiger partial charge in [-0.15, -0.1) is 0 Å². The number of carboxylic acid groups (broad SMARTS) is 1. The molecule has 0 spiro atoms. The smallest absolute Gasteiger partial charge is 0.412 e. The van der Waals surface area contributed by atoms with E-state index < -0.39 is 17.4 Å². The molecule has 2 aromatic rings. The second-order valence-electron chi connectivity index (χ2n) is 5.28. The van der Waals surface area contributed by atoms with Gasteiger partial charge in [0.25, 0.3) is 0 Å². The van der Waals surface area contributed by atoms with Crippen LogP contribution in [0, 0.1) is 5.82 Å². The van der Waals surface area contributed by atoms with Crippen LogP contribution in [-0.4, -0.2) is 21.7 Å². The number of pyridine rings is 1. The Bertz CT molecular complexity index is 635. The van der Waals surface area contributed by atoms with Crippen molar-refractivity contribution in [2.75, 3.05) is 4.90 Å². The molecule has 0 aliphatic heterocycles. The van der Waals surface area contributed by atoms with Crippen LogP contribution in [0.1, 0.15) is 20.8 Å². The Kier molecular flexibility index (Phi) is 3.14. The van der Waals surface area contributed by atoms with Gasteiger partial charge in [-0.3, -0.25) is 9.88 Å². The number of halogens is 1. The largest absolute Gasteiger partial charge is 0.465 e. The van der Waals surface area contributed by atoms with Crippen LogP contribution in [0.4, 0.5) is 14.9 Å². The Morgan fingerprint density at radius 3 is 2.58 bits per heavy atom. The quantitative estimate of drug-likeness (QED) is 0.853. The molecule has 0 aliphatic carbocycles. The molecule has 2 rings (SSSR count). The van der Waals surface area contributed by atoms with E-state index in [0.29, 0.717) is 16.6 Å². The summed E-state index contributed by atoms with van der Waals surface area (Å²) in [5, 5.41) is 10.0. The highest BCUT2D eigenvalue weighted by Gasteiger charge is 2.29. The van der Waals surface area contributed by atoms with Crippen molar-refractivity contribution >= 4 is 22.7 Å². The molecule has 0 radical (unpaired) electrons. The number of hydrogen-bond acceptors (Lipinski definition) is 2. The van der Waals surface area contributed by atoms with Gasteiger partial charge in [-0.25, -0.2) is 9.18 Å². The zero-order valence-electron chi connectivity index (χ0n) is 11.0. The maximum atomic E-state index is 13.2. The third-order valence-electron chi connectivity index (χ3n) is 2.78. The van der Waals surface area contributed by atoms with Crippen LogP contribution in [0.5, 0.6) is 0 Å². The normalized spacial score (nSPS) is 11.6. The highest BCUT2D eigenvalue weighted by molar-refractivity contribution is 6.00. The molecule has 0 saturated heterocycles. The van der Waals surface area contributed by atoms with Crippen molar-refractivity contribution in [2.24, 2.45) is 0 Å². The molecule has 0 saturated carbocycles. The predicted molar refractivity (Wildman–Crippen MR) is 72.0 cm³/mol. The van der Waals surface area contributed by atoms with Crippen molar-refractivity contribution in [2.45, 2.75) is 26.3 Å². The number of benzene rings is 1. The van der Waals surface area contributed by atoms with Gasteiger partial charge >= 0.3 is 6.09 Å². The van der Waals surface area contributed by atoms with Crippen molar-refractivity contribution < 1.29 is 14.3 Å². The third-order valence-corrected chi connectivity index (χ3v) is 2.78. The van der Waals surface area contributed by atoms with Crippen molar-refractivity contribution in [3.63, 3.8) is 0 Å². The van der Waals surface area contributed by atoms with Crippen LogP contribution >= 0.6 is 0 Å². The summed E-state index contributed by atoms with van der Waals surface area (Å²) in [6.45, 7) is 5.41. The maximum absolute atomic E-state index is 13.2. The van der Waals surface area contributed by atoms with E-state index in [4.69, 9.17) is 0 Å². The Morgan fingerprint density at radius 2 is 2.00 bits per heavy atom. The number of amides is 1. The third kappa shape index (κ3) is 2.50. The molecule has 1 heterocycles.